The quantitative estimate of drug-likeness (QED) is 0.428. The van der Waals surface area contributed by atoms with E-state index in [0.717, 1.165) is 28.3 Å². The second-order valence-corrected chi connectivity index (χ2v) is 9.13. The average Bonchev–Trinajstić information content (AvgIpc) is 3.46. The van der Waals surface area contributed by atoms with Crippen LogP contribution in [0.4, 0.5) is 5.69 Å². The fraction of sp³-hybridized carbons (Fsp3) is 0.304. The molecule has 0 saturated heterocycles. The number of carbonyl (C=O) groups is 3. The maximum Gasteiger partial charge on any atom is 0.261 e. The number of imide groups is 1. The molecule has 0 spiro atoms. The van der Waals surface area contributed by atoms with Gasteiger partial charge in [-0.3, -0.25) is 24.3 Å². The van der Waals surface area contributed by atoms with E-state index in [1.165, 1.54) is 4.90 Å². The third-order valence-corrected chi connectivity index (χ3v) is 7.61. The van der Waals surface area contributed by atoms with E-state index in [1.54, 1.807) is 36.0 Å². The zero-order valence-corrected chi connectivity index (χ0v) is 17.6. The Morgan fingerprint density at radius 3 is 2.55 bits per heavy atom. The number of hydrogen-bond donors (Lipinski definition) is 1. The molecule has 2 heterocycles. The van der Waals surface area contributed by atoms with Crippen molar-refractivity contribution in [2.24, 2.45) is 4.99 Å². The molecule has 3 atom stereocenters. The number of ether oxygens (including phenoxy) is 1. The molecule has 0 bridgehead atoms. The molecule has 7 nitrogen and oxygen atoms in total. The Kier molecular flexibility index (Phi) is 5.02. The van der Waals surface area contributed by atoms with Crippen molar-refractivity contribution in [3.8, 4) is 5.75 Å². The van der Waals surface area contributed by atoms with Gasteiger partial charge in [0.15, 0.2) is 0 Å². The number of rotatable bonds is 6. The van der Waals surface area contributed by atoms with Gasteiger partial charge in [-0.1, -0.05) is 12.1 Å². The van der Waals surface area contributed by atoms with Crippen molar-refractivity contribution in [3.63, 3.8) is 0 Å². The molecule has 0 aromatic heterocycles. The van der Waals surface area contributed by atoms with E-state index in [-0.39, 0.29) is 29.1 Å². The minimum atomic E-state index is -0.278. The van der Waals surface area contributed by atoms with Gasteiger partial charge in [0.25, 0.3) is 11.8 Å². The van der Waals surface area contributed by atoms with Crippen molar-refractivity contribution >= 4 is 42.4 Å². The maximum atomic E-state index is 12.9. The predicted octanol–water partition coefficient (Wildman–Crippen LogP) is 2.99. The first-order valence-corrected chi connectivity index (χ1v) is 11.1. The van der Waals surface area contributed by atoms with Crippen LogP contribution in [0.25, 0.3) is 0 Å². The van der Waals surface area contributed by atoms with E-state index in [1.807, 2.05) is 12.1 Å². The molecule has 31 heavy (non-hydrogen) atoms. The lowest BCUT2D eigenvalue weighted by molar-refractivity contribution is -0.110. The first-order chi connectivity index (χ1) is 15.1. The number of hydrogen-bond acceptors (Lipinski definition) is 6. The standard InChI is InChI=1S/C23H21N3O4S/c1-24-21-16-8-9-30-18(16)6-7-19(21)31-20-11-13(10-17(20)25-12-27)26-22(28)14-4-2-3-5-15(14)23(26)29/h2-7,12-13,17,20H,1,8-11H2,(H,25,27)/t13-,17?,20?/m0/s1. The Hall–Kier alpha value is -3.13. The number of amides is 3. The van der Waals surface area contributed by atoms with Crippen molar-refractivity contribution in [1.82, 2.24) is 10.2 Å². The largest absolute Gasteiger partial charge is 0.493 e. The van der Waals surface area contributed by atoms with E-state index in [0.29, 0.717) is 37.0 Å². The summed E-state index contributed by atoms with van der Waals surface area (Å²) in [5.74, 6) is 0.318. The smallest absolute Gasteiger partial charge is 0.261 e. The van der Waals surface area contributed by atoms with Gasteiger partial charge in [0, 0.05) is 34.2 Å². The highest BCUT2D eigenvalue weighted by molar-refractivity contribution is 8.00. The van der Waals surface area contributed by atoms with Crippen molar-refractivity contribution in [1.29, 1.82) is 0 Å². The van der Waals surface area contributed by atoms with Gasteiger partial charge in [-0.05, 0) is 43.8 Å². The number of nitrogens with one attached hydrogen (secondary N) is 1. The highest BCUT2D eigenvalue weighted by atomic mass is 32.2. The Labute approximate surface area is 183 Å². The molecule has 3 aliphatic rings. The highest BCUT2D eigenvalue weighted by Gasteiger charge is 2.46. The summed E-state index contributed by atoms with van der Waals surface area (Å²) in [6, 6.07) is 10.4. The molecule has 1 saturated carbocycles. The molecule has 3 amide bonds. The summed E-state index contributed by atoms with van der Waals surface area (Å²) in [6.45, 7) is 4.36. The minimum Gasteiger partial charge on any atom is -0.493 e. The van der Waals surface area contributed by atoms with Crippen LogP contribution >= 0.6 is 11.8 Å². The summed E-state index contributed by atoms with van der Waals surface area (Å²) in [5.41, 5.74) is 2.75. The van der Waals surface area contributed by atoms with Gasteiger partial charge >= 0.3 is 0 Å². The molecule has 0 radical (unpaired) electrons. The Morgan fingerprint density at radius 2 is 1.87 bits per heavy atom. The average molecular weight is 436 g/mol. The predicted molar refractivity (Wildman–Crippen MR) is 117 cm³/mol. The topological polar surface area (TPSA) is 88.1 Å². The Morgan fingerprint density at radius 1 is 1.13 bits per heavy atom. The first kappa shape index (κ1) is 19.8. The van der Waals surface area contributed by atoms with Crippen LogP contribution in [0.1, 0.15) is 39.1 Å². The van der Waals surface area contributed by atoms with Crippen LogP contribution in [0.2, 0.25) is 0 Å². The second kappa shape index (κ2) is 7.85. The highest BCUT2D eigenvalue weighted by Crippen LogP contribution is 2.46. The van der Waals surface area contributed by atoms with Gasteiger partial charge in [-0.2, -0.15) is 0 Å². The van der Waals surface area contributed by atoms with Gasteiger partial charge in [-0.25, -0.2) is 0 Å². The van der Waals surface area contributed by atoms with E-state index < -0.39 is 0 Å². The fourth-order valence-corrected chi connectivity index (χ4v) is 6.23. The summed E-state index contributed by atoms with van der Waals surface area (Å²) >= 11 is 1.61. The molecule has 2 unspecified atom stereocenters. The molecule has 2 aromatic carbocycles. The van der Waals surface area contributed by atoms with E-state index in [2.05, 4.69) is 17.0 Å². The van der Waals surface area contributed by atoms with E-state index in [9.17, 15) is 14.4 Å². The lowest BCUT2D eigenvalue weighted by Crippen LogP contribution is -2.39. The maximum absolute atomic E-state index is 12.9. The molecule has 2 aromatic rings. The number of fused-ring (bicyclic) bond motifs is 2. The lowest BCUT2D eigenvalue weighted by atomic mass is 10.1. The Bertz CT molecular complexity index is 1070. The van der Waals surface area contributed by atoms with Crippen LogP contribution < -0.4 is 10.1 Å². The van der Waals surface area contributed by atoms with Gasteiger partial charge in [0.2, 0.25) is 6.41 Å². The van der Waals surface area contributed by atoms with Crippen molar-refractivity contribution in [3.05, 3.63) is 53.1 Å². The third-order valence-electron chi connectivity index (χ3n) is 6.20. The molecule has 8 heteroatoms. The third kappa shape index (κ3) is 3.22. The summed E-state index contributed by atoms with van der Waals surface area (Å²) in [5, 5.41) is 2.87. The van der Waals surface area contributed by atoms with Crippen LogP contribution in [0.3, 0.4) is 0 Å². The zero-order chi connectivity index (χ0) is 21.5. The van der Waals surface area contributed by atoms with Crippen molar-refractivity contribution in [2.75, 3.05) is 6.61 Å². The van der Waals surface area contributed by atoms with Crippen LogP contribution in [-0.4, -0.2) is 53.8 Å². The summed E-state index contributed by atoms with van der Waals surface area (Å²) in [4.78, 5) is 43.7. The molecule has 1 fully saturated rings. The van der Waals surface area contributed by atoms with Crippen LogP contribution in [0.15, 0.2) is 46.3 Å². The number of carbonyl (C=O) groups excluding carboxylic acids is 3. The minimum absolute atomic E-state index is 0.0135. The molecule has 158 valence electrons. The summed E-state index contributed by atoms with van der Waals surface area (Å²) < 4.78 is 5.63. The number of aliphatic imine (C=N–C) groups is 1. The van der Waals surface area contributed by atoms with Gasteiger partial charge in [0.1, 0.15) is 5.75 Å². The van der Waals surface area contributed by atoms with Gasteiger partial charge < -0.3 is 10.1 Å². The molecule has 5 rings (SSSR count). The van der Waals surface area contributed by atoms with Crippen molar-refractivity contribution in [2.45, 2.75) is 41.5 Å². The van der Waals surface area contributed by atoms with E-state index >= 15 is 0 Å². The van der Waals surface area contributed by atoms with E-state index in [4.69, 9.17) is 4.74 Å². The van der Waals surface area contributed by atoms with Crippen LogP contribution in [0, 0.1) is 0 Å². The molecular formula is C23H21N3O4S. The molecule has 2 aliphatic heterocycles. The van der Waals surface area contributed by atoms with Crippen LogP contribution in [0.5, 0.6) is 5.75 Å². The SMILES string of the molecule is C=Nc1c(SC2C[C@@H](N3C(=O)c4ccccc4C3=O)CC2NC=O)ccc2c1CCO2. The van der Waals surface area contributed by atoms with Gasteiger partial charge in [-0.15, -0.1) is 11.8 Å². The monoisotopic (exact) mass is 435 g/mol. The first-order valence-electron chi connectivity index (χ1n) is 10.2. The normalized spacial score (nSPS) is 24.0. The number of nitrogens with zero attached hydrogens (tertiary/aromatic N) is 2. The Balaban J connectivity index is 1.41. The lowest BCUT2D eigenvalue weighted by Gasteiger charge is -2.22. The molecule has 1 aliphatic carbocycles. The zero-order valence-electron chi connectivity index (χ0n) is 16.7. The number of benzene rings is 2. The van der Waals surface area contributed by atoms with Gasteiger partial charge in [0.05, 0.1) is 23.4 Å². The summed E-state index contributed by atoms with van der Waals surface area (Å²) in [7, 11) is 0. The van der Waals surface area contributed by atoms with Crippen LogP contribution in [-0.2, 0) is 11.2 Å². The number of thioether (sulfide) groups is 1. The molecular weight excluding hydrogens is 414 g/mol. The second-order valence-electron chi connectivity index (χ2n) is 7.84. The fourth-order valence-electron chi connectivity index (χ4n) is 4.78. The summed E-state index contributed by atoms with van der Waals surface area (Å²) in [6.07, 6.45) is 2.58. The van der Waals surface area contributed by atoms with Crippen molar-refractivity contribution < 1.29 is 19.1 Å². The molecule has 1 N–H and O–H groups in total.